The van der Waals surface area contributed by atoms with Gasteiger partial charge in [-0.3, -0.25) is 4.68 Å². The average molecular weight is 191 g/mol. The molecule has 1 atom stereocenters. The molecule has 74 valence electrons. The predicted octanol–water partition coefficient (Wildman–Crippen LogP) is 0.386. The zero-order chi connectivity index (χ0) is 9.97. The Morgan fingerprint density at radius 1 is 1.64 bits per heavy atom. The predicted molar refractivity (Wildman–Crippen MR) is 52.4 cm³/mol. The van der Waals surface area contributed by atoms with Crippen LogP contribution in [0.1, 0.15) is 17.4 Å². The van der Waals surface area contributed by atoms with Crippen molar-refractivity contribution in [3.05, 3.63) is 36.2 Å². The van der Waals surface area contributed by atoms with E-state index < -0.39 is 0 Å². The van der Waals surface area contributed by atoms with Crippen LogP contribution >= 0.6 is 0 Å². The molecule has 2 heterocycles. The minimum atomic E-state index is -0.0887. The van der Waals surface area contributed by atoms with Gasteiger partial charge in [0.05, 0.1) is 12.2 Å². The number of nitrogens with one attached hydrogen (secondary N) is 1. The third kappa shape index (κ3) is 1.82. The van der Waals surface area contributed by atoms with Gasteiger partial charge in [-0.2, -0.15) is 5.10 Å². The molecule has 2 aromatic heterocycles. The van der Waals surface area contributed by atoms with Crippen molar-refractivity contribution in [2.75, 3.05) is 0 Å². The molecule has 3 N–H and O–H groups in total. The largest absolute Gasteiger partial charge is 0.347 e. The van der Waals surface area contributed by atoms with Crippen molar-refractivity contribution < 1.29 is 0 Å². The fraction of sp³-hybridized carbons (Fsp3) is 0.333. The number of aromatic amines is 1. The minimum absolute atomic E-state index is 0.0887. The SMILES string of the molecule is Cn1cc(CC(N)c2ncc[nH]2)cn1. The molecule has 0 saturated carbocycles. The van der Waals surface area contributed by atoms with Crippen LogP contribution < -0.4 is 5.73 Å². The van der Waals surface area contributed by atoms with Gasteiger partial charge < -0.3 is 10.7 Å². The monoisotopic (exact) mass is 191 g/mol. The molecule has 2 rings (SSSR count). The van der Waals surface area contributed by atoms with Crippen molar-refractivity contribution >= 4 is 0 Å². The van der Waals surface area contributed by atoms with Crippen LogP contribution in [-0.2, 0) is 13.5 Å². The van der Waals surface area contributed by atoms with Gasteiger partial charge in [0.15, 0.2) is 0 Å². The molecule has 0 amide bonds. The Labute approximate surface area is 82.0 Å². The third-order valence-corrected chi connectivity index (χ3v) is 2.08. The smallest absolute Gasteiger partial charge is 0.123 e. The summed E-state index contributed by atoms with van der Waals surface area (Å²) in [5.41, 5.74) is 7.07. The Morgan fingerprint density at radius 2 is 2.50 bits per heavy atom. The van der Waals surface area contributed by atoms with Gasteiger partial charge in [-0.1, -0.05) is 0 Å². The molecule has 0 aliphatic carbocycles. The zero-order valence-corrected chi connectivity index (χ0v) is 8.01. The van der Waals surface area contributed by atoms with Crippen molar-refractivity contribution in [1.82, 2.24) is 19.7 Å². The van der Waals surface area contributed by atoms with Crippen molar-refractivity contribution in [1.29, 1.82) is 0 Å². The van der Waals surface area contributed by atoms with E-state index in [0.717, 1.165) is 17.8 Å². The summed E-state index contributed by atoms with van der Waals surface area (Å²) < 4.78 is 1.77. The standard InChI is InChI=1S/C9H13N5/c1-14-6-7(5-13-14)4-8(10)9-11-2-3-12-9/h2-3,5-6,8H,4,10H2,1H3,(H,11,12). The number of hydrogen-bond acceptors (Lipinski definition) is 3. The van der Waals surface area contributed by atoms with Gasteiger partial charge in [-0.05, 0) is 12.0 Å². The second-order valence-corrected chi connectivity index (χ2v) is 3.31. The molecule has 0 fully saturated rings. The minimum Gasteiger partial charge on any atom is -0.347 e. The molecular formula is C9H13N5. The first-order valence-electron chi connectivity index (χ1n) is 4.48. The Balaban J connectivity index is 2.05. The van der Waals surface area contributed by atoms with Crippen LogP contribution in [0.4, 0.5) is 0 Å². The van der Waals surface area contributed by atoms with E-state index in [4.69, 9.17) is 5.73 Å². The van der Waals surface area contributed by atoms with E-state index in [1.165, 1.54) is 0 Å². The van der Waals surface area contributed by atoms with Gasteiger partial charge in [0.2, 0.25) is 0 Å². The van der Waals surface area contributed by atoms with Crippen LogP contribution in [0.15, 0.2) is 24.8 Å². The molecule has 14 heavy (non-hydrogen) atoms. The van der Waals surface area contributed by atoms with E-state index in [-0.39, 0.29) is 6.04 Å². The number of H-pyrrole nitrogens is 1. The number of aromatic nitrogens is 4. The number of hydrogen-bond donors (Lipinski definition) is 2. The molecule has 1 unspecified atom stereocenters. The molecule has 0 saturated heterocycles. The van der Waals surface area contributed by atoms with Crippen molar-refractivity contribution in [3.63, 3.8) is 0 Å². The lowest BCUT2D eigenvalue weighted by Crippen LogP contribution is -2.14. The normalized spacial score (nSPS) is 13.0. The fourth-order valence-corrected chi connectivity index (χ4v) is 1.41. The fourth-order valence-electron chi connectivity index (χ4n) is 1.41. The molecule has 0 bridgehead atoms. The maximum atomic E-state index is 5.95. The van der Waals surface area contributed by atoms with Gasteiger partial charge in [-0.25, -0.2) is 4.98 Å². The van der Waals surface area contributed by atoms with Crippen LogP contribution in [0.25, 0.3) is 0 Å². The highest BCUT2D eigenvalue weighted by Gasteiger charge is 2.09. The lowest BCUT2D eigenvalue weighted by Gasteiger charge is -2.05. The van der Waals surface area contributed by atoms with Gasteiger partial charge >= 0.3 is 0 Å². The molecule has 5 heteroatoms. The number of nitrogens with zero attached hydrogens (tertiary/aromatic N) is 3. The molecule has 0 aliphatic heterocycles. The quantitative estimate of drug-likeness (QED) is 0.737. The summed E-state index contributed by atoms with van der Waals surface area (Å²) in [7, 11) is 1.89. The summed E-state index contributed by atoms with van der Waals surface area (Å²) in [6.07, 6.45) is 8.02. The number of aryl methyl sites for hydroxylation is 1. The summed E-state index contributed by atoms with van der Waals surface area (Å²) in [4.78, 5) is 7.11. The van der Waals surface area contributed by atoms with Crippen LogP contribution in [0.3, 0.4) is 0 Å². The summed E-state index contributed by atoms with van der Waals surface area (Å²) >= 11 is 0. The van der Waals surface area contributed by atoms with E-state index in [0.29, 0.717) is 0 Å². The highest BCUT2D eigenvalue weighted by atomic mass is 15.2. The Kier molecular flexibility index (Phi) is 2.32. The molecule has 0 radical (unpaired) electrons. The van der Waals surface area contributed by atoms with Gasteiger partial charge in [0.1, 0.15) is 5.82 Å². The maximum absolute atomic E-state index is 5.95. The van der Waals surface area contributed by atoms with Crippen LogP contribution in [0.2, 0.25) is 0 Å². The lowest BCUT2D eigenvalue weighted by atomic mass is 10.1. The summed E-state index contributed by atoms with van der Waals surface area (Å²) in [6, 6.07) is -0.0887. The van der Waals surface area contributed by atoms with Gasteiger partial charge in [0.25, 0.3) is 0 Å². The molecular weight excluding hydrogens is 178 g/mol. The first-order valence-corrected chi connectivity index (χ1v) is 4.48. The zero-order valence-electron chi connectivity index (χ0n) is 8.01. The van der Waals surface area contributed by atoms with Crippen LogP contribution in [0.5, 0.6) is 0 Å². The molecule has 5 nitrogen and oxygen atoms in total. The molecule has 0 spiro atoms. The van der Waals surface area contributed by atoms with E-state index in [1.54, 1.807) is 17.1 Å². The number of rotatable bonds is 3. The Hall–Kier alpha value is -1.62. The first kappa shape index (κ1) is 8.96. The summed E-state index contributed by atoms with van der Waals surface area (Å²) in [5.74, 6) is 0.814. The van der Waals surface area contributed by atoms with Gasteiger partial charge in [0, 0.05) is 25.6 Å². The number of nitrogens with two attached hydrogens (primary N) is 1. The Morgan fingerprint density at radius 3 is 3.07 bits per heavy atom. The number of imidazole rings is 1. The lowest BCUT2D eigenvalue weighted by molar-refractivity contribution is 0.676. The maximum Gasteiger partial charge on any atom is 0.123 e. The first-order chi connectivity index (χ1) is 6.75. The average Bonchev–Trinajstić information content (AvgIpc) is 2.75. The highest BCUT2D eigenvalue weighted by molar-refractivity contribution is 5.09. The van der Waals surface area contributed by atoms with Crippen molar-refractivity contribution in [2.24, 2.45) is 12.8 Å². The Bertz CT molecular complexity index is 389. The van der Waals surface area contributed by atoms with E-state index in [9.17, 15) is 0 Å². The third-order valence-electron chi connectivity index (χ3n) is 2.08. The van der Waals surface area contributed by atoms with Crippen LogP contribution in [0, 0.1) is 0 Å². The van der Waals surface area contributed by atoms with E-state index in [2.05, 4.69) is 15.1 Å². The highest BCUT2D eigenvalue weighted by Crippen LogP contribution is 2.10. The molecule has 0 aromatic carbocycles. The second-order valence-electron chi connectivity index (χ2n) is 3.31. The van der Waals surface area contributed by atoms with Crippen molar-refractivity contribution in [3.8, 4) is 0 Å². The van der Waals surface area contributed by atoms with E-state index >= 15 is 0 Å². The molecule has 2 aromatic rings. The van der Waals surface area contributed by atoms with Crippen LogP contribution in [-0.4, -0.2) is 19.7 Å². The van der Waals surface area contributed by atoms with E-state index in [1.807, 2.05) is 19.4 Å². The molecule has 0 aliphatic rings. The topological polar surface area (TPSA) is 72.5 Å². The van der Waals surface area contributed by atoms with Crippen molar-refractivity contribution in [2.45, 2.75) is 12.5 Å². The van der Waals surface area contributed by atoms with Gasteiger partial charge in [-0.15, -0.1) is 0 Å². The summed E-state index contributed by atoms with van der Waals surface area (Å²) in [6.45, 7) is 0. The second kappa shape index (κ2) is 3.63. The summed E-state index contributed by atoms with van der Waals surface area (Å²) in [5, 5.41) is 4.08.